The number of aromatic nitrogens is 2. The number of piperazine rings is 1. The predicted molar refractivity (Wildman–Crippen MR) is 259 cm³/mol. The van der Waals surface area contributed by atoms with Gasteiger partial charge in [-0.05, 0) is 98.4 Å². The lowest BCUT2D eigenvalue weighted by molar-refractivity contribution is -0.384. The highest BCUT2D eigenvalue weighted by Gasteiger charge is 2.34. The van der Waals surface area contributed by atoms with E-state index in [-0.39, 0.29) is 40.8 Å². The van der Waals surface area contributed by atoms with Crippen LogP contribution in [0.1, 0.15) is 75.2 Å². The van der Waals surface area contributed by atoms with Crippen LogP contribution in [0.15, 0.2) is 89.6 Å². The third-order valence-electron chi connectivity index (χ3n) is 13.6. The van der Waals surface area contributed by atoms with Crippen LogP contribution < -0.4 is 24.4 Å². The van der Waals surface area contributed by atoms with Gasteiger partial charge >= 0.3 is 0 Å². The van der Waals surface area contributed by atoms with E-state index >= 15 is 0 Å². The molecule has 2 aromatic heterocycles. The number of nitrogens with one attached hydrogen (secondary N) is 3. The van der Waals surface area contributed by atoms with Crippen LogP contribution in [-0.2, 0) is 10.0 Å². The minimum atomic E-state index is -4.67. The molecule has 0 bridgehead atoms. The lowest BCUT2D eigenvalue weighted by Gasteiger charge is -2.39. The minimum Gasteiger partial charge on any atom is -0.489 e. The van der Waals surface area contributed by atoms with Crippen molar-refractivity contribution in [2.75, 3.05) is 69.2 Å². The number of benzene rings is 3. The molecule has 3 aromatic carbocycles. The Balaban J connectivity index is 0.917. The number of H-pyrrole nitrogens is 1. The van der Waals surface area contributed by atoms with Gasteiger partial charge in [-0.25, -0.2) is 18.1 Å². The minimum absolute atomic E-state index is 0.00479. The zero-order chi connectivity index (χ0) is 47.1. The number of anilines is 2. The summed E-state index contributed by atoms with van der Waals surface area (Å²) in [4.78, 5) is 39.7. The van der Waals surface area contributed by atoms with Gasteiger partial charge in [0.05, 0.1) is 33.2 Å². The maximum absolute atomic E-state index is 14.1. The predicted octanol–water partition coefficient (Wildman–Crippen LogP) is 8.23. The van der Waals surface area contributed by atoms with E-state index in [0.29, 0.717) is 50.3 Å². The summed E-state index contributed by atoms with van der Waals surface area (Å²) >= 11 is 6.25. The third kappa shape index (κ3) is 10.7. The number of halogens is 1. The molecular formula is C49H57ClN8O8S. The van der Waals surface area contributed by atoms with Crippen molar-refractivity contribution in [3.8, 4) is 17.2 Å². The largest absolute Gasteiger partial charge is 0.489 e. The van der Waals surface area contributed by atoms with E-state index in [1.165, 1.54) is 35.0 Å². The van der Waals surface area contributed by atoms with Crippen molar-refractivity contribution in [1.82, 2.24) is 24.5 Å². The van der Waals surface area contributed by atoms with Crippen molar-refractivity contribution in [2.45, 2.75) is 75.8 Å². The molecule has 4 N–H and O–H groups in total. The van der Waals surface area contributed by atoms with E-state index in [1.807, 2.05) is 25.1 Å². The molecule has 67 heavy (non-hydrogen) atoms. The zero-order valence-electron chi connectivity index (χ0n) is 38.0. The number of pyridine rings is 1. The van der Waals surface area contributed by atoms with Gasteiger partial charge in [0.25, 0.3) is 21.6 Å². The van der Waals surface area contributed by atoms with Crippen molar-refractivity contribution in [3.05, 3.63) is 111 Å². The van der Waals surface area contributed by atoms with E-state index < -0.39 is 37.0 Å². The van der Waals surface area contributed by atoms with Crippen LogP contribution in [0.25, 0.3) is 16.6 Å². The smallest absolute Gasteiger partial charge is 0.297 e. The molecule has 2 saturated heterocycles. The van der Waals surface area contributed by atoms with Gasteiger partial charge < -0.3 is 34.7 Å². The summed E-state index contributed by atoms with van der Waals surface area (Å²) in [5.74, 6) is -0.545. The van der Waals surface area contributed by atoms with E-state index in [1.54, 1.807) is 24.4 Å². The van der Waals surface area contributed by atoms with E-state index in [0.717, 1.165) is 74.1 Å². The molecule has 5 heterocycles. The van der Waals surface area contributed by atoms with Gasteiger partial charge in [-0.3, -0.25) is 19.8 Å². The second-order valence-corrected chi connectivity index (χ2v) is 21.5. The van der Waals surface area contributed by atoms with Crippen molar-refractivity contribution >= 4 is 61.2 Å². The highest BCUT2D eigenvalue weighted by atomic mass is 35.5. The number of ether oxygens (including phenoxy) is 2. The number of likely N-dealkylation sites (tertiary alicyclic amines) is 1. The fraction of sp³-hybridized carbons (Fsp3) is 0.429. The molecule has 1 atom stereocenters. The summed E-state index contributed by atoms with van der Waals surface area (Å²) in [7, 11) is -4.67. The van der Waals surface area contributed by atoms with Gasteiger partial charge in [0.2, 0.25) is 0 Å². The Kier molecular flexibility index (Phi) is 13.0. The number of aliphatic hydroxyl groups is 1. The number of piperidine rings is 1. The molecule has 3 aliphatic heterocycles. The number of nitro groups is 1. The van der Waals surface area contributed by atoms with Crippen LogP contribution in [-0.4, -0.2) is 115 Å². The van der Waals surface area contributed by atoms with E-state index in [9.17, 15) is 28.4 Å². The van der Waals surface area contributed by atoms with Crippen molar-refractivity contribution in [1.29, 1.82) is 0 Å². The fourth-order valence-electron chi connectivity index (χ4n) is 9.54. The number of aromatic amines is 1. The van der Waals surface area contributed by atoms with Crippen molar-refractivity contribution in [3.63, 3.8) is 0 Å². The molecule has 1 amide bonds. The number of carbonyl (C=O) groups is 1. The average Bonchev–Trinajstić information content (AvgIpc) is 3.77. The van der Waals surface area contributed by atoms with Gasteiger partial charge in [-0.15, -0.1) is 0 Å². The van der Waals surface area contributed by atoms with Crippen molar-refractivity contribution in [2.24, 2.45) is 5.41 Å². The summed E-state index contributed by atoms with van der Waals surface area (Å²) in [6.07, 6.45) is 8.39. The number of hydrogen-bond donors (Lipinski definition) is 4. The first kappa shape index (κ1) is 46.4. The van der Waals surface area contributed by atoms with Gasteiger partial charge in [0.1, 0.15) is 23.8 Å². The SMILES string of the molecule is CC1(C)CCC(CN2CCN(c3ccc(C(=O)NS(=O)(=O)c4cc5c(c([N+](=O)[O-])c4)N[C@H](CCN4CCC(C)(O)CC4)CO5)c(Oc4cnc5[nH]ccc5c4)c3)CC2)=C(c2ccc(Cl)cc2)C1. The number of nitrogens with zero attached hydrogens (tertiary/aromatic N) is 5. The standard InChI is InChI=1S/C49H57ClN8O8S/c1-48(2)13-10-34(41(28-48)32-4-6-35(50)7-5-32)30-56-20-22-57(23-21-56)37-8-9-40(43(25-37)66-38-24-33-11-16-51-46(33)52-29-38)47(59)54-67(63,64)39-26-42(58(61)62)45-44(27-39)65-31-36(53-45)12-17-55-18-14-49(3,60)15-19-55/h4-9,11,16,24-27,29,36,53,60H,10,12-15,17-23,28,30-31H2,1-3H3,(H,51,52)(H,54,59)/t36-/m1/s1. The Morgan fingerprint density at radius 3 is 2.51 bits per heavy atom. The normalized spacial score (nSPS) is 19.9. The molecule has 5 aromatic rings. The molecular weight excluding hydrogens is 896 g/mol. The molecule has 2 fully saturated rings. The van der Waals surface area contributed by atoms with Crippen LogP contribution in [0, 0.1) is 15.5 Å². The Morgan fingerprint density at radius 2 is 1.76 bits per heavy atom. The first-order chi connectivity index (χ1) is 32.0. The van der Waals surface area contributed by atoms with E-state index in [2.05, 4.69) is 60.7 Å². The average molecular weight is 954 g/mol. The molecule has 1 aliphatic carbocycles. The van der Waals surface area contributed by atoms with Gasteiger partial charge in [-0.2, -0.15) is 0 Å². The molecule has 18 heteroatoms. The number of hydrogen-bond acceptors (Lipinski definition) is 13. The van der Waals surface area contributed by atoms with Crippen LogP contribution >= 0.6 is 11.6 Å². The van der Waals surface area contributed by atoms with Gasteiger partial charge in [0, 0.05) is 92.9 Å². The molecule has 0 unspecified atom stereocenters. The maximum Gasteiger partial charge on any atom is 0.297 e. The monoisotopic (exact) mass is 952 g/mol. The quantitative estimate of drug-likeness (QED) is 0.0652. The summed E-state index contributed by atoms with van der Waals surface area (Å²) in [5, 5.41) is 27.4. The van der Waals surface area contributed by atoms with Crippen LogP contribution in [0.3, 0.4) is 0 Å². The lowest BCUT2D eigenvalue weighted by atomic mass is 9.72. The fourth-order valence-corrected chi connectivity index (χ4v) is 10.7. The maximum atomic E-state index is 14.1. The molecule has 16 nitrogen and oxygen atoms in total. The highest BCUT2D eigenvalue weighted by molar-refractivity contribution is 7.90. The summed E-state index contributed by atoms with van der Waals surface area (Å²) in [6, 6.07) is 18.7. The second-order valence-electron chi connectivity index (χ2n) is 19.3. The highest BCUT2D eigenvalue weighted by Crippen LogP contribution is 2.44. The number of amides is 1. The first-order valence-corrected chi connectivity index (χ1v) is 24.8. The number of carbonyl (C=O) groups excluding carboxylic acids is 1. The molecule has 354 valence electrons. The summed E-state index contributed by atoms with van der Waals surface area (Å²) < 4.78 is 42.3. The Labute approximate surface area is 395 Å². The van der Waals surface area contributed by atoms with Gasteiger partial charge in [0.15, 0.2) is 11.4 Å². The number of rotatable bonds is 13. The number of allylic oxidation sites excluding steroid dienone is 1. The number of sulfonamides is 1. The van der Waals surface area contributed by atoms with Gasteiger partial charge in [-0.1, -0.05) is 43.2 Å². The van der Waals surface area contributed by atoms with Crippen molar-refractivity contribution < 1.29 is 32.7 Å². The first-order valence-electron chi connectivity index (χ1n) is 22.9. The van der Waals surface area contributed by atoms with Crippen LogP contribution in [0.4, 0.5) is 17.1 Å². The molecule has 9 rings (SSSR count). The topological polar surface area (TPSA) is 195 Å². The van der Waals surface area contributed by atoms with Crippen LogP contribution in [0.2, 0.25) is 5.02 Å². The Hall–Kier alpha value is -5.72. The third-order valence-corrected chi connectivity index (χ3v) is 15.2. The lowest BCUT2D eigenvalue weighted by Crippen LogP contribution is -2.47. The Bertz CT molecular complexity index is 2810. The number of fused-ring (bicyclic) bond motifs is 2. The Morgan fingerprint density at radius 1 is 1.00 bits per heavy atom. The summed E-state index contributed by atoms with van der Waals surface area (Å²) in [6.45, 7) is 12.7. The molecule has 0 radical (unpaired) electrons. The molecule has 0 saturated carbocycles. The van der Waals surface area contributed by atoms with Crippen LogP contribution in [0.5, 0.6) is 17.2 Å². The van der Waals surface area contributed by atoms with E-state index in [4.69, 9.17) is 21.1 Å². The number of nitro benzene ring substituents is 1. The molecule has 0 spiro atoms. The zero-order valence-corrected chi connectivity index (χ0v) is 39.6. The molecule has 4 aliphatic rings. The second kappa shape index (κ2) is 18.8. The summed E-state index contributed by atoms with van der Waals surface area (Å²) in [5.41, 5.74) is 4.59.